The Bertz CT molecular complexity index is 995. The maximum Gasteiger partial charge on any atom is 0.263 e. The number of rotatable bonds is 5. The molecule has 0 unspecified atom stereocenters. The molecule has 2 heterocycles. The Kier molecular flexibility index (Phi) is 5.62. The standard InChI is InChI=1S/C23H24N2O3S/c1-15(26)17-9-11-19(12-10-17)28-16(2)23(27)25-13-5-6-18(14-25)22-24-20-7-3-4-8-21(20)29-22/h3-4,7-12,16,18H,5-6,13-14H2,1-2H3/t16-,18+/m0/s1. The zero-order valence-corrected chi connectivity index (χ0v) is 17.4. The fourth-order valence-corrected chi connectivity index (χ4v) is 4.82. The first kappa shape index (κ1) is 19.6. The van der Waals surface area contributed by atoms with Gasteiger partial charge in [-0.1, -0.05) is 12.1 Å². The number of nitrogens with zero attached hydrogens (tertiary/aromatic N) is 2. The number of hydrogen-bond acceptors (Lipinski definition) is 5. The summed E-state index contributed by atoms with van der Waals surface area (Å²) in [6, 6.07) is 15.1. The molecule has 0 spiro atoms. The minimum Gasteiger partial charge on any atom is -0.481 e. The van der Waals surface area contributed by atoms with E-state index >= 15 is 0 Å². The van der Waals surface area contributed by atoms with Crippen LogP contribution in [0.4, 0.5) is 0 Å². The van der Waals surface area contributed by atoms with Gasteiger partial charge in [-0.3, -0.25) is 9.59 Å². The predicted octanol–water partition coefficient (Wildman–Crippen LogP) is 4.67. The summed E-state index contributed by atoms with van der Waals surface area (Å²) in [5.74, 6) is 0.865. The van der Waals surface area contributed by atoms with Crippen LogP contribution >= 0.6 is 11.3 Å². The molecule has 1 aromatic heterocycles. The molecule has 150 valence electrons. The second-order valence-corrected chi connectivity index (χ2v) is 8.55. The zero-order valence-electron chi connectivity index (χ0n) is 16.6. The predicted molar refractivity (Wildman–Crippen MR) is 115 cm³/mol. The monoisotopic (exact) mass is 408 g/mol. The van der Waals surface area contributed by atoms with Crippen LogP contribution in [0.2, 0.25) is 0 Å². The highest BCUT2D eigenvalue weighted by molar-refractivity contribution is 7.18. The molecule has 29 heavy (non-hydrogen) atoms. The van der Waals surface area contributed by atoms with Crippen molar-refractivity contribution in [3.8, 4) is 5.75 Å². The number of benzene rings is 2. The Morgan fingerprint density at radius 1 is 1.17 bits per heavy atom. The van der Waals surface area contributed by atoms with Crippen molar-refractivity contribution in [2.24, 2.45) is 0 Å². The number of carbonyl (C=O) groups excluding carboxylic acids is 2. The third-order valence-corrected chi connectivity index (χ3v) is 6.51. The molecule has 1 aliphatic rings. The molecule has 0 bridgehead atoms. The molecule has 1 saturated heterocycles. The Hall–Kier alpha value is -2.73. The van der Waals surface area contributed by atoms with E-state index in [1.165, 1.54) is 11.6 Å². The van der Waals surface area contributed by atoms with Gasteiger partial charge in [0.1, 0.15) is 5.75 Å². The summed E-state index contributed by atoms with van der Waals surface area (Å²) in [4.78, 5) is 31.0. The van der Waals surface area contributed by atoms with Gasteiger partial charge >= 0.3 is 0 Å². The Morgan fingerprint density at radius 2 is 1.93 bits per heavy atom. The Balaban J connectivity index is 1.41. The average molecular weight is 409 g/mol. The third-order valence-electron chi connectivity index (χ3n) is 5.31. The molecule has 0 aliphatic carbocycles. The second kappa shape index (κ2) is 8.33. The lowest BCUT2D eigenvalue weighted by Gasteiger charge is -2.33. The van der Waals surface area contributed by atoms with Gasteiger partial charge in [-0.15, -0.1) is 11.3 Å². The summed E-state index contributed by atoms with van der Waals surface area (Å²) in [6.45, 7) is 4.73. The van der Waals surface area contributed by atoms with Crippen LogP contribution in [0.25, 0.3) is 10.2 Å². The van der Waals surface area contributed by atoms with Crippen molar-refractivity contribution in [2.75, 3.05) is 13.1 Å². The fraction of sp³-hybridized carbons (Fsp3) is 0.348. The number of likely N-dealkylation sites (tertiary alicyclic amines) is 1. The van der Waals surface area contributed by atoms with E-state index in [9.17, 15) is 9.59 Å². The number of aromatic nitrogens is 1. The fourth-order valence-electron chi connectivity index (χ4n) is 3.72. The topological polar surface area (TPSA) is 59.5 Å². The van der Waals surface area contributed by atoms with Gasteiger partial charge in [0.15, 0.2) is 11.9 Å². The lowest BCUT2D eigenvalue weighted by molar-refractivity contribution is -0.139. The highest BCUT2D eigenvalue weighted by Crippen LogP contribution is 2.33. The van der Waals surface area contributed by atoms with Gasteiger partial charge in [-0.05, 0) is 63.1 Å². The van der Waals surface area contributed by atoms with Crippen molar-refractivity contribution in [1.29, 1.82) is 0 Å². The molecule has 5 nitrogen and oxygen atoms in total. The summed E-state index contributed by atoms with van der Waals surface area (Å²) in [5.41, 5.74) is 1.66. The molecule has 3 aromatic rings. The van der Waals surface area contributed by atoms with Crippen molar-refractivity contribution in [3.05, 3.63) is 59.1 Å². The lowest BCUT2D eigenvalue weighted by atomic mass is 9.98. The average Bonchev–Trinajstić information content (AvgIpc) is 3.18. The first-order chi connectivity index (χ1) is 14.0. The van der Waals surface area contributed by atoms with E-state index in [-0.39, 0.29) is 17.6 Å². The van der Waals surface area contributed by atoms with Crippen LogP contribution in [0.15, 0.2) is 48.5 Å². The van der Waals surface area contributed by atoms with Gasteiger partial charge in [0, 0.05) is 24.6 Å². The number of Topliss-reactive ketones (excluding diaryl/α,β-unsaturated/α-hetero) is 1. The first-order valence-corrected chi connectivity index (χ1v) is 10.7. The molecule has 1 aliphatic heterocycles. The molecule has 2 aromatic carbocycles. The van der Waals surface area contributed by atoms with E-state index in [0.29, 0.717) is 17.9 Å². The summed E-state index contributed by atoms with van der Waals surface area (Å²) >= 11 is 1.72. The molecule has 0 radical (unpaired) electrons. The molecule has 0 N–H and O–H groups in total. The highest BCUT2D eigenvalue weighted by Gasteiger charge is 2.30. The molecule has 0 saturated carbocycles. The Labute approximate surface area is 174 Å². The number of piperidine rings is 1. The van der Waals surface area contributed by atoms with Crippen molar-refractivity contribution in [1.82, 2.24) is 9.88 Å². The normalized spacial score (nSPS) is 17.9. The summed E-state index contributed by atoms with van der Waals surface area (Å²) < 4.78 is 7.03. The van der Waals surface area contributed by atoms with Gasteiger partial charge in [0.05, 0.1) is 15.2 Å². The van der Waals surface area contributed by atoms with Gasteiger partial charge in [0.2, 0.25) is 0 Å². The molecule has 1 amide bonds. The van der Waals surface area contributed by atoms with Crippen LogP contribution in [-0.2, 0) is 4.79 Å². The van der Waals surface area contributed by atoms with Gasteiger partial charge in [-0.25, -0.2) is 4.98 Å². The van der Waals surface area contributed by atoms with E-state index in [1.54, 1.807) is 42.5 Å². The maximum absolute atomic E-state index is 13.0. The summed E-state index contributed by atoms with van der Waals surface area (Å²) in [5, 5.41) is 1.11. The zero-order chi connectivity index (χ0) is 20.4. The summed E-state index contributed by atoms with van der Waals surface area (Å²) in [6.07, 6.45) is 1.44. The minimum absolute atomic E-state index is 0.00791. The van der Waals surface area contributed by atoms with Crippen LogP contribution in [0.1, 0.15) is 48.0 Å². The van der Waals surface area contributed by atoms with Crippen LogP contribution in [-0.4, -0.2) is 40.8 Å². The second-order valence-electron chi connectivity index (χ2n) is 7.48. The van der Waals surface area contributed by atoms with Crippen LogP contribution in [0.3, 0.4) is 0 Å². The van der Waals surface area contributed by atoms with Crippen molar-refractivity contribution >= 4 is 33.2 Å². The molecular weight excluding hydrogens is 384 g/mol. The number of thiazole rings is 1. The van der Waals surface area contributed by atoms with E-state index < -0.39 is 6.10 Å². The SMILES string of the molecule is CC(=O)c1ccc(O[C@@H](C)C(=O)N2CCC[C@@H](c3nc4ccccc4s3)C2)cc1. The first-order valence-electron chi connectivity index (χ1n) is 9.93. The minimum atomic E-state index is -0.577. The van der Waals surface area contributed by atoms with Gasteiger partial charge in [-0.2, -0.15) is 0 Å². The molecule has 2 atom stereocenters. The van der Waals surface area contributed by atoms with Crippen molar-refractivity contribution in [3.63, 3.8) is 0 Å². The van der Waals surface area contributed by atoms with Crippen molar-refractivity contribution in [2.45, 2.75) is 38.7 Å². The van der Waals surface area contributed by atoms with E-state index in [2.05, 4.69) is 6.07 Å². The smallest absolute Gasteiger partial charge is 0.263 e. The number of ketones is 1. The number of amides is 1. The number of fused-ring (bicyclic) bond motifs is 1. The van der Waals surface area contributed by atoms with Crippen molar-refractivity contribution < 1.29 is 14.3 Å². The summed E-state index contributed by atoms with van der Waals surface area (Å²) in [7, 11) is 0. The molecule has 1 fully saturated rings. The number of ether oxygens (including phenoxy) is 1. The lowest BCUT2D eigenvalue weighted by Crippen LogP contribution is -2.45. The number of para-hydroxylation sites is 1. The molecule has 6 heteroatoms. The van der Waals surface area contributed by atoms with Crippen LogP contribution < -0.4 is 4.74 Å². The highest BCUT2D eigenvalue weighted by atomic mass is 32.1. The van der Waals surface area contributed by atoms with Crippen LogP contribution in [0, 0.1) is 0 Å². The van der Waals surface area contributed by atoms with E-state index in [1.807, 2.05) is 23.1 Å². The third kappa shape index (κ3) is 4.32. The Morgan fingerprint density at radius 3 is 2.66 bits per heavy atom. The van der Waals surface area contributed by atoms with Gasteiger partial charge < -0.3 is 9.64 Å². The number of hydrogen-bond donors (Lipinski definition) is 0. The van der Waals surface area contributed by atoms with Gasteiger partial charge in [0.25, 0.3) is 5.91 Å². The largest absolute Gasteiger partial charge is 0.481 e. The van der Waals surface area contributed by atoms with E-state index in [4.69, 9.17) is 9.72 Å². The maximum atomic E-state index is 13.0. The number of carbonyl (C=O) groups is 2. The molecule has 4 rings (SSSR count). The van der Waals surface area contributed by atoms with Crippen LogP contribution in [0.5, 0.6) is 5.75 Å². The molecular formula is C23H24N2O3S. The van der Waals surface area contributed by atoms with E-state index in [0.717, 1.165) is 29.9 Å². The quantitative estimate of drug-likeness (QED) is 0.576.